The van der Waals surface area contributed by atoms with Gasteiger partial charge in [-0.2, -0.15) is 0 Å². The second-order valence-electron chi connectivity index (χ2n) is 4.98. The van der Waals surface area contributed by atoms with Crippen LogP contribution >= 0.6 is 45.2 Å². The molecule has 0 radical (unpaired) electrons. The van der Waals surface area contributed by atoms with Gasteiger partial charge in [0.05, 0.1) is 0 Å². The molecule has 0 spiro atoms. The molecule has 2 heteroatoms. The summed E-state index contributed by atoms with van der Waals surface area (Å²) < 4.78 is 1.96. The van der Waals surface area contributed by atoms with Gasteiger partial charge in [0.25, 0.3) is 0 Å². The molecule has 0 heterocycles. The van der Waals surface area contributed by atoms with Crippen molar-refractivity contribution in [3.8, 4) is 0 Å². The first kappa shape index (κ1) is 13.1. The van der Waals surface area contributed by atoms with Crippen molar-refractivity contribution in [1.82, 2.24) is 0 Å². The van der Waals surface area contributed by atoms with Gasteiger partial charge in [0.15, 0.2) is 0 Å². The quantitative estimate of drug-likeness (QED) is 0.430. The van der Waals surface area contributed by atoms with Gasteiger partial charge in [-0.3, -0.25) is 0 Å². The average Bonchev–Trinajstić information content (AvgIpc) is 2.33. The van der Waals surface area contributed by atoms with Gasteiger partial charge in [-0.1, -0.05) is 83.3 Å². The summed E-state index contributed by atoms with van der Waals surface area (Å²) in [5.74, 6) is 2.38. The minimum atomic E-state index is 0.700. The third kappa shape index (κ3) is 2.42. The Morgan fingerprint density at radius 1 is 1.31 bits per heavy atom. The molecule has 0 bridgehead atoms. The summed E-state index contributed by atoms with van der Waals surface area (Å²) in [5.41, 5.74) is 3.20. The second-order valence-corrected chi connectivity index (χ2v) is 7.20. The first-order valence-electron chi connectivity index (χ1n) is 5.94. The summed E-state index contributed by atoms with van der Waals surface area (Å²) in [6, 6.07) is 9.06. The van der Waals surface area contributed by atoms with E-state index < -0.39 is 0 Å². The van der Waals surface area contributed by atoms with Gasteiger partial charge in [-0.15, -0.1) is 0 Å². The van der Waals surface area contributed by atoms with Crippen LogP contribution in [0, 0.1) is 11.8 Å². The Morgan fingerprint density at radius 3 is 2.56 bits per heavy atom. The van der Waals surface area contributed by atoms with E-state index in [-0.39, 0.29) is 0 Å². The molecule has 4 unspecified atom stereocenters. The maximum absolute atomic E-state index is 2.62. The average molecular weight is 440 g/mol. The van der Waals surface area contributed by atoms with Crippen molar-refractivity contribution < 1.29 is 0 Å². The van der Waals surface area contributed by atoms with Crippen LogP contribution in [0.5, 0.6) is 0 Å². The SMILES string of the molecule is CC1CC(C(C)CI)c2ccccc2C1I. The molecule has 0 fully saturated rings. The fraction of sp³-hybridized carbons (Fsp3) is 0.571. The molecule has 0 saturated heterocycles. The van der Waals surface area contributed by atoms with E-state index >= 15 is 0 Å². The van der Waals surface area contributed by atoms with Crippen molar-refractivity contribution in [2.45, 2.75) is 30.1 Å². The van der Waals surface area contributed by atoms with Gasteiger partial charge in [-0.25, -0.2) is 0 Å². The smallest absolute Gasteiger partial charge is 0.0388 e. The van der Waals surface area contributed by atoms with E-state index in [0.717, 1.165) is 17.8 Å². The van der Waals surface area contributed by atoms with Crippen molar-refractivity contribution in [2.24, 2.45) is 11.8 Å². The molecule has 1 aliphatic rings. The zero-order chi connectivity index (χ0) is 11.7. The van der Waals surface area contributed by atoms with Crippen LogP contribution < -0.4 is 0 Å². The molecule has 0 amide bonds. The first-order valence-corrected chi connectivity index (χ1v) is 8.71. The van der Waals surface area contributed by atoms with Gasteiger partial charge in [0, 0.05) is 8.35 Å². The second kappa shape index (κ2) is 5.55. The highest BCUT2D eigenvalue weighted by molar-refractivity contribution is 14.1. The zero-order valence-electron chi connectivity index (χ0n) is 9.79. The van der Waals surface area contributed by atoms with Crippen LogP contribution in [0.2, 0.25) is 0 Å². The lowest BCUT2D eigenvalue weighted by atomic mass is 9.73. The van der Waals surface area contributed by atoms with E-state index in [1.807, 2.05) is 0 Å². The van der Waals surface area contributed by atoms with Crippen molar-refractivity contribution in [1.29, 1.82) is 0 Å². The number of rotatable bonds is 2. The van der Waals surface area contributed by atoms with E-state index in [1.54, 1.807) is 11.1 Å². The van der Waals surface area contributed by atoms with Gasteiger partial charge in [0.2, 0.25) is 0 Å². The molecule has 2 rings (SSSR count). The summed E-state index contributed by atoms with van der Waals surface area (Å²) in [6.45, 7) is 4.80. The van der Waals surface area contributed by atoms with Crippen molar-refractivity contribution in [3.63, 3.8) is 0 Å². The summed E-state index contributed by atoms with van der Waals surface area (Å²) >= 11 is 5.14. The molecular formula is C14H18I2. The standard InChI is InChI=1S/C14H18I2/c1-9-7-13(10(2)8-15)11-5-3-4-6-12(11)14(9)16/h3-6,9-10,13-14H,7-8H2,1-2H3. The normalized spacial score (nSPS) is 30.9. The van der Waals surface area contributed by atoms with Crippen molar-refractivity contribution in [3.05, 3.63) is 35.4 Å². The van der Waals surface area contributed by atoms with E-state index in [0.29, 0.717) is 3.92 Å². The van der Waals surface area contributed by atoms with Gasteiger partial charge >= 0.3 is 0 Å². The Balaban J connectivity index is 2.40. The highest BCUT2D eigenvalue weighted by Crippen LogP contribution is 2.48. The Hall–Kier alpha value is 0.680. The number of benzene rings is 1. The van der Waals surface area contributed by atoms with Crippen LogP contribution in [0.3, 0.4) is 0 Å². The Bertz CT molecular complexity index is 362. The molecule has 4 atom stereocenters. The lowest BCUT2D eigenvalue weighted by Gasteiger charge is -2.36. The van der Waals surface area contributed by atoms with Gasteiger partial charge in [0.1, 0.15) is 0 Å². The Morgan fingerprint density at radius 2 is 1.94 bits per heavy atom. The van der Waals surface area contributed by atoms with Crippen molar-refractivity contribution in [2.75, 3.05) is 4.43 Å². The molecule has 88 valence electrons. The summed E-state index contributed by atoms with van der Waals surface area (Å²) in [4.78, 5) is 0. The number of hydrogen-bond donors (Lipinski definition) is 0. The lowest BCUT2D eigenvalue weighted by molar-refractivity contribution is 0.371. The maximum Gasteiger partial charge on any atom is 0.0388 e. The van der Waals surface area contributed by atoms with Gasteiger partial charge < -0.3 is 0 Å². The molecule has 0 aliphatic heterocycles. The molecular weight excluding hydrogens is 422 g/mol. The van der Waals surface area contributed by atoms with Crippen LogP contribution in [0.15, 0.2) is 24.3 Å². The van der Waals surface area contributed by atoms with Crippen molar-refractivity contribution >= 4 is 45.2 Å². The fourth-order valence-corrected chi connectivity index (χ4v) is 4.17. The van der Waals surface area contributed by atoms with E-state index in [9.17, 15) is 0 Å². The number of fused-ring (bicyclic) bond motifs is 1. The first-order chi connectivity index (χ1) is 7.65. The van der Waals surface area contributed by atoms with Crippen LogP contribution in [0.25, 0.3) is 0 Å². The molecule has 1 aromatic carbocycles. The molecule has 0 aromatic heterocycles. The number of halogens is 2. The lowest BCUT2D eigenvalue weighted by Crippen LogP contribution is -2.23. The fourth-order valence-electron chi connectivity index (χ4n) is 2.70. The van der Waals surface area contributed by atoms with E-state index in [2.05, 4.69) is 83.3 Å². The highest BCUT2D eigenvalue weighted by Gasteiger charge is 2.32. The summed E-state index contributed by atoms with van der Waals surface area (Å²) in [5, 5.41) is 0. The minimum absolute atomic E-state index is 0.700. The molecule has 1 aliphatic carbocycles. The molecule has 16 heavy (non-hydrogen) atoms. The molecule has 0 saturated carbocycles. The van der Waals surface area contributed by atoms with Crippen LogP contribution in [-0.2, 0) is 0 Å². The molecule has 0 N–H and O–H groups in total. The monoisotopic (exact) mass is 440 g/mol. The molecule has 1 aromatic rings. The van der Waals surface area contributed by atoms with E-state index in [1.165, 1.54) is 10.8 Å². The largest absolute Gasteiger partial charge is 0.0861 e. The summed E-state index contributed by atoms with van der Waals surface area (Å²) in [6.07, 6.45) is 1.36. The number of hydrogen-bond acceptors (Lipinski definition) is 0. The number of alkyl halides is 2. The minimum Gasteiger partial charge on any atom is -0.0861 e. The van der Waals surface area contributed by atoms with Gasteiger partial charge in [-0.05, 0) is 35.3 Å². The Labute approximate surface area is 126 Å². The Kier molecular flexibility index (Phi) is 4.55. The van der Waals surface area contributed by atoms with Crippen LogP contribution in [-0.4, -0.2) is 4.43 Å². The van der Waals surface area contributed by atoms with E-state index in [4.69, 9.17) is 0 Å². The zero-order valence-corrected chi connectivity index (χ0v) is 14.1. The maximum atomic E-state index is 2.62. The topological polar surface area (TPSA) is 0 Å². The third-order valence-corrected chi connectivity index (χ3v) is 7.04. The third-order valence-electron chi connectivity index (χ3n) is 3.75. The van der Waals surface area contributed by atoms with Crippen LogP contribution in [0.4, 0.5) is 0 Å². The highest BCUT2D eigenvalue weighted by atomic mass is 127. The predicted molar refractivity (Wildman–Crippen MR) is 87.8 cm³/mol. The predicted octanol–water partition coefficient (Wildman–Crippen LogP) is 5.36. The summed E-state index contributed by atoms with van der Waals surface area (Å²) in [7, 11) is 0. The van der Waals surface area contributed by atoms with Crippen LogP contribution in [0.1, 0.15) is 41.2 Å². The molecule has 0 nitrogen and oxygen atoms in total.